The first-order chi connectivity index (χ1) is 10.4. The van der Waals surface area contributed by atoms with Gasteiger partial charge < -0.3 is 10.6 Å². The van der Waals surface area contributed by atoms with E-state index in [0.29, 0.717) is 0 Å². The predicted molar refractivity (Wildman–Crippen MR) is 81.7 cm³/mol. The van der Waals surface area contributed by atoms with Crippen molar-refractivity contribution in [2.45, 2.75) is 32.5 Å². The molecule has 0 saturated heterocycles. The number of nitriles is 1. The minimum absolute atomic E-state index is 0.0714. The van der Waals surface area contributed by atoms with Crippen molar-refractivity contribution >= 4 is 23.2 Å². The molecule has 23 heavy (non-hydrogen) atoms. The van der Waals surface area contributed by atoms with E-state index >= 15 is 0 Å². The Hall–Kier alpha value is -2.20. The fourth-order valence-corrected chi connectivity index (χ4v) is 1.76. The number of anilines is 1. The Bertz CT molecular complexity index is 670. The van der Waals surface area contributed by atoms with Gasteiger partial charge in [0.25, 0.3) is 5.91 Å². The zero-order valence-corrected chi connectivity index (χ0v) is 13.4. The van der Waals surface area contributed by atoms with Gasteiger partial charge in [0.2, 0.25) is 0 Å². The van der Waals surface area contributed by atoms with E-state index in [2.05, 4.69) is 10.6 Å². The number of benzene rings is 1. The van der Waals surface area contributed by atoms with E-state index in [1.54, 1.807) is 26.8 Å². The van der Waals surface area contributed by atoms with E-state index in [1.165, 1.54) is 6.07 Å². The second-order valence-corrected chi connectivity index (χ2v) is 6.14. The van der Waals surface area contributed by atoms with Crippen molar-refractivity contribution in [3.05, 3.63) is 40.6 Å². The van der Waals surface area contributed by atoms with Crippen LogP contribution in [0.2, 0.25) is 5.02 Å². The van der Waals surface area contributed by atoms with Crippen molar-refractivity contribution in [3.63, 3.8) is 0 Å². The molecule has 8 heteroatoms. The van der Waals surface area contributed by atoms with Crippen LogP contribution < -0.4 is 10.6 Å². The molecule has 1 amide bonds. The van der Waals surface area contributed by atoms with Gasteiger partial charge in [0.1, 0.15) is 11.6 Å². The molecule has 0 aliphatic heterocycles. The third-order valence-corrected chi connectivity index (χ3v) is 2.75. The first kappa shape index (κ1) is 18.8. The molecule has 0 atom stereocenters. The molecule has 0 radical (unpaired) electrons. The molecule has 1 aromatic carbocycles. The number of hydrogen-bond donors (Lipinski definition) is 2. The van der Waals surface area contributed by atoms with Crippen LogP contribution in [-0.4, -0.2) is 11.4 Å². The minimum Gasteiger partial charge on any atom is -0.360 e. The molecule has 4 nitrogen and oxygen atoms in total. The number of hydrogen-bond acceptors (Lipinski definition) is 3. The number of carbonyl (C=O) groups is 1. The number of nitrogens with one attached hydrogen (secondary N) is 2. The van der Waals surface area contributed by atoms with E-state index < -0.39 is 23.2 Å². The maximum Gasteiger partial charge on any atom is 0.418 e. The zero-order chi connectivity index (χ0) is 17.8. The maximum atomic E-state index is 13.0. The molecule has 0 unspecified atom stereocenters. The lowest BCUT2D eigenvalue weighted by molar-refractivity contribution is -0.136. The number of halogens is 4. The van der Waals surface area contributed by atoms with Crippen LogP contribution in [0.1, 0.15) is 26.3 Å². The predicted octanol–water partition coefficient (Wildman–Crippen LogP) is 4.09. The summed E-state index contributed by atoms with van der Waals surface area (Å²) < 4.78 is 38.9. The summed E-state index contributed by atoms with van der Waals surface area (Å²) in [5.74, 6) is -0.685. The Kier molecular flexibility index (Phi) is 5.67. The van der Waals surface area contributed by atoms with Crippen molar-refractivity contribution in [3.8, 4) is 6.07 Å². The normalized spacial score (nSPS) is 12.5. The molecule has 2 N–H and O–H groups in total. The van der Waals surface area contributed by atoms with Crippen LogP contribution in [0.3, 0.4) is 0 Å². The van der Waals surface area contributed by atoms with Crippen molar-refractivity contribution in [2.75, 3.05) is 5.32 Å². The summed E-state index contributed by atoms with van der Waals surface area (Å²) in [7, 11) is 0. The average Bonchev–Trinajstić information content (AvgIpc) is 2.37. The van der Waals surface area contributed by atoms with Gasteiger partial charge in [0.15, 0.2) is 0 Å². The van der Waals surface area contributed by atoms with Crippen LogP contribution in [0.15, 0.2) is 30.0 Å². The summed E-state index contributed by atoms with van der Waals surface area (Å²) in [5, 5.41) is 13.8. The highest BCUT2D eigenvalue weighted by molar-refractivity contribution is 6.30. The molecular formula is C15H15ClF3N3O. The van der Waals surface area contributed by atoms with E-state index in [4.69, 9.17) is 16.9 Å². The Morgan fingerprint density at radius 2 is 1.91 bits per heavy atom. The molecule has 0 aliphatic rings. The lowest BCUT2D eigenvalue weighted by atomic mass is 10.1. The van der Waals surface area contributed by atoms with E-state index in [1.807, 2.05) is 0 Å². The molecule has 0 heterocycles. The highest BCUT2D eigenvalue weighted by atomic mass is 35.5. The number of carbonyl (C=O) groups excluding carboxylic acids is 1. The van der Waals surface area contributed by atoms with Gasteiger partial charge in [-0.3, -0.25) is 4.79 Å². The minimum atomic E-state index is -4.62. The quantitative estimate of drug-likeness (QED) is 0.640. The van der Waals surface area contributed by atoms with Crippen LogP contribution in [-0.2, 0) is 11.0 Å². The second kappa shape index (κ2) is 6.92. The highest BCUT2D eigenvalue weighted by Crippen LogP contribution is 2.36. The molecule has 0 aromatic heterocycles. The smallest absolute Gasteiger partial charge is 0.360 e. The zero-order valence-electron chi connectivity index (χ0n) is 12.7. The molecule has 124 valence electrons. The van der Waals surface area contributed by atoms with Gasteiger partial charge >= 0.3 is 6.18 Å². The Labute approximate surface area is 136 Å². The Balaban J connectivity index is 3.08. The van der Waals surface area contributed by atoms with Crippen LogP contribution in [0.25, 0.3) is 0 Å². The van der Waals surface area contributed by atoms with Gasteiger partial charge in [-0.15, -0.1) is 0 Å². The first-order valence-corrected chi connectivity index (χ1v) is 6.88. The van der Waals surface area contributed by atoms with Crippen molar-refractivity contribution < 1.29 is 18.0 Å². The van der Waals surface area contributed by atoms with Crippen LogP contribution in [0.4, 0.5) is 18.9 Å². The third-order valence-electron chi connectivity index (χ3n) is 2.51. The Morgan fingerprint density at radius 1 is 1.30 bits per heavy atom. The molecule has 1 aromatic rings. The summed E-state index contributed by atoms with van der Waals surface area (Å²) in [6.45, 7) is 5.15. The number of nitrogens with zero attached hydrogens (tertiary/aromatic N) is 1. The number of amides is 1. The summed E-state index contributed by atoms with van der Waals surface area (Å²) in [6.07, 6.45) is -3.69. The number of rotatable bonds is 3. The van der Waals surface area contributed by atoms with Crippen LogP contribution >= 0.6 is 11.6 Å². The van der Waals surface area contributed by atoms with Gasteiger partial charge in [-0.2, -0.15) is 18.4 Å². The Morgan fingerprint density at radius 3 is 2.39 bits per heavy atom. The van der Waals surface area contributed by atoms with Crippen molar-refractivity contribution in [1.82, 2.24) is 5.32 Å². The summed E-state index contributed by atoms with van der Waals surface area (Å²) >= 11 is 5.58. The summed E-state index contributed by atoms with van der Waals surface area (Å²) in [4.78, 5) is 11.9. The molecule has 0 aliphatic carbocycles. The van der Waals surface area contributed by atoms with E-state index in [-0.39, 0.29) is 16.3 Å². The van der Waals surface area contributed by atoms with E-state index in [9.17, 15) is 18.0 Å². The topological polar surface area (TPSA) is 64.9 Å². The summed E-state index contributed by atoms with van der Waals surface area (Å²) in [5.41, 5.74) is -2.22. The van der Waals surface area contributed by atoms with Gasteiger partial charge in [-0.05, 0) is 39.0 Å². The van der Waals surface area contributed by atoms with Gasteiger partial charge in [0, 0.05) is 16.8 Å². The molecule has 1 rings (SSSR count). The lowest BCUT2D eigenvalue weighted by Crippen LogP contribution is -2.41. The van der Waals surface area contributed by atoms with Crippen molar-refractivity contribution in [1.29, 1.82) is 5.26 Å². The highest BCUT2D eigenvalue weighted by Gasteiger charge is 2.33. The van der Waals surface area contributed by atoms with Gasteiger partial charge in [0.05, 0.1) is 11.3 Å². The molecule has 0 spiro atoms. The van der Waals surface area contributed by atoms with E-state index in [0.717, 1.165) is 18.3 Å². The van der Waals surface area contributed by atoms with Gasteiger partial charge in [-0.25, -0.2) is 0 Å². The first-order valence-electron chi connectivity index (χ1n) is 6.50. The fraction of sp³-hybridized carbons (Fsp3) is 0.333. The molecular weight excluding hydrogens is 331 g/mol. The monoisotopic (exact) mass is 345 g/mol. The van der Waals surface area contributed by atoms with Crippen LogP contribution in [0.5, 0.6) is 0 Å². The fourth-order valence-electron chi connectivity index (χ4n) is 1.58. The summed E-state index contributed by atoms with van der Waals surface area (Å²) in [6, 6.07) is 4.80. The second-order valence-electron chi connectivity index (χ2n) is 5.71. The third kappa shape index (κ3) is 5.83. The SMILES string of the molecule is CC(C)(C)NC(=O)/C(C#N)=C\Nc1ccc(Cl)cc1C(F)(F)F. The van der Waals surface area contributed by atoms with Gasteiger partial charge in [-0.1, -0.05) is 11.6 Å². The largest absolute Gasteiger partial charge is 0.418 e. The molecule has 0 fully saturated rings. The molecule has 0 bridgehead atoms. The molecule has 0 saturated carbocycles. The average molecular weight is 346 g/mol. The maximum absolute atomic E-state index is 13.0. The van der Waals surface area contributed by atoms with Crippen molar-refractivity contribution in [2.24, 2.45) is 0 Å². The van der Waals surface area contributed by atoms with Crippen LogP contribution in [0, 0.1) is 11.3 Å². The lowest BCUT2D eigenvalue weighted by Gasteiger charge is -2.20. The standard InChI is InChI=1S/C15H15ClF3N3O/c1-14(2,3)22-13(23)9(7-20)8-21-12-5-4-10(16)6-11(12)15(17,18)19/h4-6,8,21H,1-3H3,(H,22,23)/b9-8-. The number of alkyl halides is 3.